The van der Waals surface area contributed by atoms with Gasteiger partial charge in [0.1, 0.15) is 22.6 Å². The Balaban J connectivity index is 3.26. The van der Waals surface area contributed by atoms with E-state index in [4.69, 9.17) is 14.2 Å². The first-order valence-electron chi connectivity index (χ1n) is 15.3. The van der Waals surface area contributed by atoms with E-state index in [0.717, 1.165) is 5.56 Å². The second-order valence-electron chi connectivity index (χ2n) is 14.0. The van der Waals surface area contributed by atoms with Gasteiger partial charge in [-0.25, -0.2) is 0 Å². The number of phenolic OH excluding ortho intramolecular Hbond substituents is 1. The molecule has 0 aliphatic carbocycles. The summed E-state index contributed by atoms with van der Waals surface area (Å²) in [4.78, 5) is 44.5. The van der Waals surface area contributed by atoms with Crippen LogP contribution in [0.1, 0.15) is 81.7 Å². The molecule has 1 rings (SSSR count). The van der Waals surface area contributed by atoms with Gasteiger partial charge in [-0.1, -0.05) is 26.0 Å². The molecule has 0 fully saturated rings. The van der Waals surface area contributed by atoms with Gasteiger partial charge in [-0.2, -0.15) is 0 Å². The molecular formula is C33H57N3O7. The first-order valence-corrected chi connectivity index (χ1v) is 15.3. The topological polar surface area (TPSA) is 109 Å². The fourth-order valence-electron chi connectivity index (χ4n) is 4.53. The molecule has 0 heterocycles. The van der Waals surface area contributed by atoms with Gasteiger partial charge >= 0.3 is 17.9 Å². The molecule has 0 spiro atoms. The summed E-state index contributed by atoms with van der Waals surface area (Å²) in [6.45, 7) is 23.5. The molecule has 0 aromatic heterocycles. The number of hydrogen-bond donors (Lipinski definition) is 1. The van der Waals surface area contributed by atoms with Crippen molar-refractivity contribution < 1.29 is 33.7 Å². The minimum absolute atomic E-state index is 0.0529. The molecule has 1 aromatic rings. The van der Waals surface area contributed by atoms with E-state index < -0.39 is 16.8 Å². The number of nitrogens with zero attached hydrogens (tertiary/aromatic N) is 3. The van der Waals surface area contributed by atoms with E-state index in [1.807, 2.05) is 98.1 Å². The predicted molar refractivity (Wildman–Crippen MR) is 169 cm³/mol. The fraction of sp³-hybridized carbons (Fsp3) is 0.727. The van der Waals surface area contributed by atoms with Crippen LogP contribution in [0.2, 0.25) is 0 Å². The third-order valence-corrected chi connectivity index (χ3v) is 6.28. The van der Waals surface area contributed by atoms with Crippen molar-refractivity contribution in [1.29, 1.82) is 0 Å². The number of rotatable bonds is 16. The summed E-state index contributed by atoms with van der Waals surface area (Å²) in [7, 11) is 0. The number of esters is 3. The van der Waals surface area contributed by atoms with E-state index in [-0.39, 0.29) is 49.3 Å². The lowest BCUT2D eigenvalue weighted by atomic mass is 10.0. The summed E-state index contributed by atoms with van der Waals surface area (Å²) in [5.74, 6) is -0.787. The Kier molecular flexibility index (Phi) is 15.1. The Labute approximate surface area is 259 Å². The summed E-state index contributed by atoms with van der Waals surface area (Å²) in [6.07, 6.45) is 0.580. The molecule has 43 heavy (non-hydrogen) atoms. The number of aromatic hydroxyl groups is 1. The molecule has 10 heteroatoms. The number of benzene rings is 1. The van der Waals surface area contributed by atoms with Crippen molar-refractivity contribution in [2.75, 3.05) is 52.4 Å². The van der Waals surface area contributed by atoms with Crippen LogP contribution in [0.3, 0.4) is 0 Å². The highest BCUT2D eigenvalue weighted by Gasteiger charge is 2.28. The molecule has 0 aliphatic heterocycles. The summed E-state index contributed by atoms with van der Waals surface area (Å²) >= 11 is 0. The van der Waals surface area contributed by atoms with Crippen LogP contribution in [-0.4, -0.2) is 113 Å². The van der Waals surface area contributed by atoms with Gasteiger partial charge in [-0.15, -0.1) is 0 Å². The van der Waals surface area contributed by atoms with E-state index in [2.05, 4.69) is 4.90 Å². The average Bonchev–Trinajstić information content (AvgIpc) is 2.82. The fourth-order valence-corrected chi connectivity index (χ4v) is 4.53. The first kappa shape index (κ1) is 38.3. The van der Waals surface area contributed by atoms with E-state index in [9.17, 15) is 19.5 Å². The van der Waals surface area contributed by atoms with Gasteiger partial charge in [0.05, 0.1) is 19.6 Å². The predicted octanol–water partition coefficient (Wildman–Crippen LogP) is 4.27. The third-order valence-electron chi connectivity index (χ3n) is 6.28. The highest BCUT2D eigenvalue weighted by atomic mass is 16.6. The lowest BCUT2D eigenvalue weighted by molar-refractivity contribution is -0.159. The Morgan fingerprint density at radius 3 is 1.51 bits per heavy atom. The highest BCUT2D eigenvalue weighted by Crippen LogP contribution is 2.17. The molecule has 0 radical (unpaired) electrons. The Morgan fingerprint density at radius 1 is 0.674 bits per heavy atom. The molecule has 10 nitrogen and oxygen atoms in total. The monoisotopic (exact) mass is 607 g/mol. The van der Waals surface area contributed by atoms with Gasteiger partial charge in [0.25, 0.3) is 0 Å². The van der Waals surface area contributed by atoms with Crippen molar-refractivity contribution in [1.82, 2.24) is 14.7 Å². The van der Waals surface area contributed by atoms with Gasteiger partial charge in [0, 0.05) is 25.7 Å². The summed E-state index contributed by atoms with van der Waals surface area (Å²) in [5.41, 5.74) is -0.822. The van der Waals surface area contributed by atoms with Gasteiger partial charge in [-0.3, -0.25) is 29.1 Å². The number of carbonyl (C=O) groups is 3. The molecular weight excluding hydrogens is 550 g/mol. The second-order valence-corrected chi connectivity index (χ2v) is 14.0. The maximum Gasteiger partial charge on any atom is 0.320 e. The molecule has 0 aliphatic rings. The normalized spacial score (nSPS) is 13.3. The van der Waals surface area contributed by atoms with Crippen LogP contribution in [0.25, 0.3) is 0 Å². The number of carbonyl (C=O) groups excluding carboxylic acids is 3. The summed E-state index contributed by atoms with van der Waals surface area (Å²) in [6, 6.07) is 6.85. The van der Waals surface area contributed by atoms with Gasteiger partial charge in [0.15, 0.2) is 0 Å². The average molecular weight is 608 g/mol. The zero-order chi connectivity index (χ0) is 33.0. The summed E-state index contributed by atoms with van der Waals surface area (Å²) < 4.78 is 16.8. The van der Waals surface area contributed by atoms with Crippen LogP contribution in [0.15, 0.2) is 24.3 Å². The van der Waals surface area contributed by atoms with Gasteiger partial charge < -0.3 is 19.3 Å². The minimum Gasteiger partial charge on any atom is -0.508 e. The maximum absolute atomic E-state index is 13.0. The van der Waals surface area contributed by atoms with E-state index in [1.54, 1.807) is 12.1 Å². The van der Waals surface area contributed by atoms with E-state index >= 15 is 0 Å². The molecule has 1 unspecified atom stereocenters. The van der Waals surface area contributed by atoms with Crippen LogP contribution in [0, 0.1) is 0 Å². The largest absolute Gasteiger partial charge is 0.508 e. The van der Waals surface area contributed by atoms with Crippen molar-refractivity contribution in [3.05, 3.63) is 29.8 Å². The van der Waals surface area contributed by atoms with Crippen LogP contribution >= 0.6 is 0 Å². The molecule has 1 N–H and O–H groups in total. The Hall–Kier alpha value is -2.69. The molecule has 1 atom stereocenters. The molecule has 0 saturated carbocycles. The molecule has 0 bridgehead atoms. The van der Waals surface area contributed by atoms with E-state index in [1.165, 1.54) is 0 Å². The van der Waals surface area contributed by atoms with Crippen LogP contribution in [0.5, 0.6) is 5.75 Å². The standard InChI is InChI=1S/C33H57N3O7/c1-12-34(22-28(38)41-31(3,4)5)18-19-35(23-29(39)42-32(6,7)8)21-26(20-25-14-16-27(37)17-15-25)36(13-2)24-30(40)43-33(9,10)11/h14-17,26,37H,12-13,18-24H2,1-11H3. The lowest BCUT2D eigenvalue weighted by Crippen LogP contribution is -2.51. The first-order chi connectivity index (χ1) is 19.7. The zero-order valence-corrected chi connectivity index (χ0v) is 28.5. The number of phenols is 1. The summed E-state index contributed by atoms with van der Waals surface area (Å²) in [5, 5.41) is 9.81. The number of hydrogen-bond acceptors (Lipinski definition) is 10. The van der Waals surface area contributed by atoms with Crippen LogP contribution in [-0.2, 0) is 35.0 Å². The lowest BCUT2D eigenvalue weighted by Gasteiger charge is -2.36. The highest BCUT2D eigenvalue weighted by molar-refractivity contribution is 5.73. The van der Waals surface area contributed by atoms with Crippen LogP contribution in [0.4, 0.5) is 0 Å². The van der Waals surface area contributed by atoms with Crippen molar-refractivity contribution in [3.8, 4) is 5.75 Å². The SMILES string of the molecule is CCN(CCN(CC(=O)OC(C)(C)C)CC(Cc1ccc(O)cc1)N(CC)CC(=O)OC(C)(C)C)CC(=O)OC(C)(C)C. The number of ether oxygens (including phenoxy) is 3. The second kappa shape index (κ2) is 17.0. The third kappa shape index (κ3) is 17.9. The smallest absolute Gasteiger partial charge is 0.320 e. The van der Waals surface area contributed by atoms with Crippen LogP contribution < -0.4 is 0 Å². The van der Waals surface area contributed by atoms with E-state index in [0.29, 0.717) is 39.1 Å². The van der Waals surface area contributed by atoms with Gasteiger partial charge in [-0.05, 0) is 99.5 Å². The molecule has 1 aromatic carbocycles. The number of likely N-dealkylation sites (N-methyl/N-ethyl adjacent to an activating group) is 2. The molecule has 0 amide bonds. The molecule has 246 valence electrons. The van der Waals surface area contributed by atoms with Crippen molar-refractivity contribution >= 4 is 17.9 Å². The molecule has 0 saturated heterocycles. The van der Waals surface area contributed by atoms with Crippen molar-refractivity contribution in [2.45, 2.75) is 105 Å². The van der Waals surface area contributed by atoms with Crippen molar-refractivity contribution in [3.63, 3.8) is 0 Å². The minimum atomic E-state index is -0.632. The van der Waals surface area contributed by atoms with Crippen molar-refractivity contribution in [2.24, 2.45) is 0 Å². The maximum atomic E-state index is 13.0. The Bertz CT molecular complexity index is 1010. The quantitative estimate of drug-likeness (QED) is 0.216. The Morgan fingerprint density at radius 2 is 1.09 bits per heavy atom. The van der Waals surface area contributed by atoms with Gasteiger partial charge in [0.2, 0.25) is 0 Å². The zero-order valence-electron chi connectivity index (χ0n) is 28.5.